The Morgan fingerprint density at radius 3 is 2.58 bits per heavy atom. The molecule has 19 heavy (non-hydrogen) atoms. The Hall–Kier alpha value is -1.06. The number of nitrogens with one attached hydrogen (secondary N) is 1. The molecular formula is C16H28N2O. The van der Waals surface area contributed by atoms with Crippen LogP contribution in [0.2, 0.25) is 0 Å². The second-order valence-corrected chi connectivity index (χ2v) is 5.15. The molecule has 0 aliphatic rings. The maximum absolute atomic E-state index is 5.25. The topological polar surface area (TPSA) is 24.5 Å². The average molecular weight is 264 g/mol. The summed E-state index contributed by atoms with van der Waals surface area (Å²) in [6, 6.07) is 9.33. The molecule has 0 heterocycles. The van der Waals surface area contributed by atoms with Crippen molar-refractivity contribution in [3.05, 3.63) is 29.8 Å². The third-order valence-electron chi connectivity index (χ3n) is 3.55. The first-order chi connectivity index (χ1) is 9.11. The lowest BCUT2D eigenvalue weighted by molar-refractivity contribution is 0.183. The Labute approximate surface area is 118 Å². The second kappa shape index (κ2) is 8.18. The van der Waals surface area contributed by atoms with Crippen molar-refractivity contribution >= 4 is 5.69 Å². The lowest BCUT2D eigenvalue weighted by atomic mass is 10.0. The maximum atomic E-state index is 5.25. The van der Waals surface area contributed by atoms with Gasteiger partial charge in [-0.1, -0.05) is 25.1 Å². The Morgan fingerprint density at radius 1 is 1.26 bits per heavy atom. The van der Waals surface area contributed by atoms with Crippen LogP contribution in [0.1, 0.15) is 38.8 Å². The van der Waals surface area contributed by atoms with Crippen molar-refractivity contribution in [2.75, 3.05) is 32.2 Å². The highest BCUT2D eigenvalue weighted by molar-refractivity contribution is 5.55. The van der Waals surface area contributed by atoms with Crippen LogP contribution in [-0.2, 0) is 4.74 Å². The van der Waals surface area contributed by atoms with Gasteiger partial charge in [0.05, 0.1) is 6.61 Å². The fourth-order valence-corrected chi connectivity index (χ4v) is 2.24. The third kappa shape index (κ3) is 4.51. The largest absolute Gasteiger partial charge is 0.383 e. The highest BCUT2D eigenvalue weighted by Crippen LogP contribution is 2.26. The molecule has 0 bridgehead atoms. The number of likely N-dealkylation sites (N-methyl/N-ethyl adjacent to an activating group) is 1. The van der Waals surface area contributed by atoms with Gasteiger partial charge < -0.3 is 15.0 Å². The van der Waals surface area contributed by atoms with Gasteiger partial charge in [0.2, 0.25) is 0 Å². The minimum Gasteiger partial charge on any atom is -0.383 e. The van der Waals surface area contributed by atoms with Gasteiger partial charge in [-0.15, -0.1) is 0 Å². The van der Waals surface area contributed by atoms with Gasteiger partial charge in [-0.3, -0.25) is 0 Å². The lowest BCUT2D eigenvalue weighted by Crippen LogP contribution is -2.34. The van der Waals surface area contributed by atoms with Crippen LogP contribution >= 0.6 is 0 Å². The number of para-hydroxylation sites is 1. The average Bonchev–Trinajstić information content (AvgIpc) is 2.44. The van der Waals surface area contributed by atoms with Crippen LogP contribution in [0, 0.1) is 0 Å². The minimum atomic E-state index is 0.365. The van der Waals surface area contributed by atoms with Crippen LogP contribution in [0.3, 0.4) is 0 Å². The zero-order valence-corrected chi connectivity index (χ0v) is 12.9. The van der Waals surface area contributed by atoms with E-state index in [1.807, 2.05) is 0 Å². The summed E-state index contributed by atoms with van der Waals surface area (Å²) in [6.45, 7) is 8.39. The molecule has 0 spiro atoms. The molecular weight excluding hydrogens is 236 g/mol. The molecule has 0 saturated carbocycles. The highest BCUT2D eigenvalue weighted by atomic mass is 16.5. The highest BCUT2D eigenvalue weighted by Gasteiger charge is 2.16. The van der Waals surface area contributed by atoms with Gasteiger partial charge in [-0.2, -0.15) is 0 Å². The van der Waals surface area contributed by atoms with E-state index in [0.717, 1.165) is 19.6 Å². The van der Waals surface area contributed by atoms with E-state index in [2.05, 4.69) is 62.3 Å². The lowest BCUT2D eigenvalue weighted by Gasteiger charge is -2.30. The van der Waals surface area contributed by atoms with E-state index in [4.69, 9.17) is 4.74 Å². The van der Waals surface area contributed by atoms with E-state index in [9.17, 15) is 0 Å². The van der Waals surface area contributed by atoms with Gasteiger partial charge in [0.15, 0.2) is 0 Å². The molecule has 0 aliphatic heterocycles. The molecule has 108 valence electrons. The summed E-state index contributed by atoms with van der Waals surface area (Å²) in [5, 5.41) is 3.56. The Kier molecular flexibility index (Phi) is 6.89. The monoisotopic (exact) mass is 264 g/mol. The summed E-state index contributed by atoms with van der Waals surface area (Å²) in [4.78, 5) is 2.29. The third-order valence-corrected chi connectivity index (χ3v) is 3.55. The van der Waals surface area contributed by atoms with Crippen LogP contribution < -0.4 is 10.2 Å². The smallest absolute Gasteiger partial charge is 0.0663 e. The van der Waals surface area contributed by atoms with Crippen LogP contribution in [0.25, 0.3) is 0 Å². The summed E-state index contributed by atoms with van der Waals surface area (Å²) in [5.74, 6) is 0. The van der Waals surface area contributed by atoms with Gasteiger partial charge in [-0.25, -0.2) is 0 Å². The number of anilines is 1. The molecule has 2 unspecified atom stereocenters. The van der Waals surface area contributed by atoms with Crippen molar-refractivity contribution in [1.82, 2.24) is 5.32 Å². The van der Waals surface area contributed by atoms with Crippen molar-refractivity contribution in [1.29, 1.82) is 0 Å². The number of nitrogens with zero attached hydrogens (tertiary/aromatic N) is 1. The summed E-state index contributed by atoms with van der Waals surface area (Å²) in [5.41, 5.74) is 2.63. The zero-order chi connectivity index (χ0) is 14.3. The summed E-state index contributed by atoms with van der Waals surface area (Å²) in [6.07, 6.45) is 1.16. The van der Waals surface area contributed by atoms with Crippen LogP contribution in [0.4, 0.5) is 5.69 Å². The predicted octanol–water partition coefficient (Wildman–Crippen LogP) is 3.22. The van der Waals surface area contributed by atoms with E-state index >= 15 is 0 Å². The van der Waals surface area contributed by atoms with Crippen LogP contribution in [0.15, 0.2) is 24.3 Å². The minimum absolute atomic E-state index is 0.365. The molecule has 0 saturated heterocycles. The van der Waals surface area contributed by atoms with E-state index in [-0.39, 0.29) is 0 Å². The van der Waals surface area contributed by atoms with Crippen molar-refractivity contribution in [2.24, 2.45) is 0 Å². The number of methoxy groups -OCH3 is 1. The van der Waals surface area contributed by atoms with Crippen molar-refractivity contribution < 1.29 is 4.74 Å². The molecule has 0 fully saturated rings. The standard InChI is InChI=1S/C16H28N2O/c1-6-11-17-14(3)15-9-7-8-10-16(15)18(4)13(2)12-19-5/h7-10,13-14,17H,6,11-12H2,1-5H3. The molecule has 0 amide bonds. The van der Waals surface area contributed by atoms with Gasteiger partial charge in [0, 0.05) is 31.9 Å². The van der Waals surface area contributed by atoms with Gasteiger partial charge in [0.25, 0.3) is 0 Å². The summed E-state index contributed by atoms with van der Waals surface area (Å²) >= 11 is 0. The Balaban J connectivity index is 2.88. The summed E-state index contributed by atoms with van der Waals surface area (Å²) < 4.78 is 5.25. The molecule has 1 N–H and O–H groups in total. The molecule has 3 nitrogen and oxygen atoms in total. The van der Waals surface area contributed by atoms with Gasteiger partial charge in [-0.05, 0) is 38.4 Å². The first-order valence-corrected chi connectivity index (χ1v) is 7.15. The maximum Gasteiger partial charge on any atom is 0.0663 e. The normalized spacial score (nSPS) is 14.2. The molecule has 1 rings (SSSR count). The molecule has 1 aromatic rings. The molecule has 2 atom stereocenters. The Bertz CT molecular complexity index is 368. The molecule has 3 heteroatoms. The number of rotatable bonds is 8. The van der Waals surface area contributed by atoms with Gasteiger partial charge >= 0.3 is 0 Å². The van der Waals surface area contributed by atoms with E-state index in [1.165, 1.54) is 11.3 Å². The van der Waals surface area contributed by atoms with E-state index in [1.54, 1.807) is 7.11 Å². The predicted molar refractivity (Wildman–Crippen MR) is 82.9 cm³/mol. The first kappa shape index (κ1) is 16.0. The van der Waals surface area contributed by atoms with Crippen molar-refractivity contribution in [3.8, 4) is 0 Å². The fourth-order valence-electron chi connectivity index (χ4n) is 2.24. The van der Waals surface area contributed by atoms with Crippen LogP contribution in [0.5, 0.6) is 0 Å². The van der Waals surface area contributed by atoms with Gasteiger partial charge in [0.1, 0.15) is 0 Å². The summed E-state index contributed by atoms with van der Waals surface area (Å²) in [7, 11) is 3.89. The first-order valence-electron chi connectivity index (χ1n) is 7.15. The second-order valence-electron chi connectivity index (χ2n) is 5.15. The fraction of sp³-hybridized carbons (Fsp3) is 0.625. The van der Waals surface area contributed by atoms with E-state index in [0.29, 0.717) is 12.1 Å². The van der Waals surface area contributed by atoms with E-state index < -0.39 is 0 Å². The molecule has 0 aromatic heterocycles. The molecule has 0 aliphatic carbocycles. The van der Waals surface area contributed by atoms with Crippen molar-refractivity contribution in [3.63, 3.8) is 0 Å². The number of hydrogen-bond donors (Lipinski definition) is 1. The Morgan fingerprint density at radius 2 is 1.95 bits per heavy atom. The van der Waals surface area contributed by atoms with Crippen molar-refractivity contribution in [2.45, 2.75) is 39.3 Å². The SMILES string of the molecule is CCCNC(C)c1ccccc1N(C)C(C)COC. The molecule has 0 radical (unpaired) electrons. The number of ether oxygens (including phenoxy) is 1. The zero-order valence-electron chi connectivity index (χ0n) is 12.9. The quantitative estimate of drug-likeness (QED) is 0.780. The molecule has 1 aromatic carbocycles. The van der Waals surface area contributed by atoms with Crippen LogP contribution in [-0.4, -0.2) is 33.4 Å². The number of hydrogen-bond acceptors (Lipinski definition) is 3. The number of benzene rings is 1.